The maximum absolute atomic E-state index is 5.00. The molecule has 0 N–H and O–H groups in total. The molecule has 0 aliphatic carbocycles. The van der Waals surface area contributed by atoms with Gasteiger partial charge in [-0.25, -0.2) is 0 Å². The van der Waals surface area contributed by atoms with Gasteiger partial charge in [-0.1, -0.05) is 28.4 Å². The van der Waals surface area contributed by atoms with Crippen molar-refractivity contribution in [2.75, 3.05) is 13.2 Å². The largest absolute Gasteiger partial charge is 0.381 e. The van der Waals surface area contributed by atoms with Crippen LogP contribution in [0.3, 0.4) is 0 Å². The van der Waals surface area contributed by atoms with Gasteiger partial charge in [-0.05, 0) is 13.3 Å². The minimum atomic E-state index is 0. The van der Waals surface area contributed by atoms with Crippen molar-refractivity contribution in [2.24, 2.45) is 0 Å². The van der Waals surface area contributed by atoms with E-state index < -0.39 is 0 Å². The molecule has 0 atom stereocenters. The van der Waals surface area contributed by atoms with E-state index in [1.165, 1.54) is 0 Å². The van der Waals surface area contributed by atoms with Crippen LogP contribution in [0.1, 0.15) is 35.6 Å². The van der Waals surface area contributed by atoms with Crippen molar-refractivity contribution in [1.82, 2.24) is 0 Å². The topological polar surface area (TPSA) is 9.23 Å². The van der Waals surface area contributed by atoms with Crippen molar-refractivity contribution >= 4 is 23.9 Å². The smallest absolute Gasteiger partial charge is 0.0500 e. The molecular formula is C9H24OSn. The van der Waals surface area contributed by atoms with Gasteiger partial charge in [0.05, 0.1) is 0 Å². The van der Waals surface area contributed by atoms with E-state index in [9.17, 15) is 0 Å². The predicted molar refractivity (Wildman–Crippen MR) is 57.3 cm³/mol. The Labute approximate surface area is 90.2 Å². The number of hydrogen-bond acceptors (Lipinski definition) is 1. The Morgan fingerprint density at radius 1 is 1.27 bits per heavy atom. The second kappa shape index (κ2) is 31.3. The fraction of sp³-hybridized carbons (Fsp3) is 0.778. The Morgan fingerprint density at radius 3 is 2.00 bits per heavy atom. The molecule has 0 bridgehead atoms. The van der Waals surface area contributed by atoms with Crippen LogP contribution in [0.25, 0.3) is 0 Å². The van der Waals surface area contributed by atoms with Crippen LogP contribution in [0.5, 0.6) is 0 Å². The summed E-state index contributed by atoms with van der Waals surface area (Å²) >= 11 is 0. The normalized spacial score (nSPS) is 5.55. The van der Waals surface area contributed by atoms with E-state index in [0.29, 0.717) is 0 Å². The quantitative estimate of drug-likeness (QED) is 0.432. The number of ether oxygens (including phenoxy) is 1. The molecule has 0 heterocycles. The van der Waals surface area contributed by atoms with Gasteiger partial charge in [0.25, 0.3) is 0 Å². The number of hydrogen-bond donors (Lipinski definition) is 0. The average molecular weight is 267 g/mol. The monoisotopic (exact) mass is 268 g/mol. The summed E-state index contributed by atoms with van der Waals surface area (Å²) in [6.07, 6.45) is 2.82. The summed E-state index contributed by atoms with van der Waals surface area (Å²) in [5.41, 5.74) is 0. The zero-order valence-electron chi connectivity index (χ0n) is 5.31. The SMILES string of the molecule is C.C.C.C=CCCOCC.[Sn]. The number of rotatable bonds is 4. The van der Waals surface area contributed by atoms with Crippen molar-refractivity contribution in [2.45, 2.75) is 35.6 Å². The molecule has 11 heavy (non-hydrogen) atoms. The zero-order valence-corrected chi connectivity index (χ0v) is 8.17. The molecule has 0 rings (SSSR count). The van der Waals surface area contributed by atoms with Crippen LogP contribution < -0.4 is 0 Å². The Bertz CT molecular complexity index is 46.8. The van der Waals surface area contributed by atoms with Gasteiger partial charge >= 0.3 is 0 Å². The Hall–Kier alpha value is 0.499. The van der Waals surface area contributed by atoms with E-state index >= 15 is 0 Å². The summed E-state index contributed by atoms with van der Waals surface area (Å²) < 4.78 is 5.00. The van der Waals surface area contributed by atoms with Gasteiger partial charge < -0.3 is 4.74 Å². The third-order valence-electron chi connectivity index (χ3n) is 0.670. The van der Waals surface area contributed by atoms with Crippen LogP contribution in [-0.2, 0) is 4.74 Å². The molecule has 2 heteroatoms. The van der Waals surface area contributed by atoms with Gasteiger partial charge in [-0.2, -0.15) is 0 Å². The molecule has 0 aromatic rings. The molecule has 0 aliphatic rings. The Kier molecular flexibility index (Phi) is 85.5. The molecule has 0 unspecified atom stereocenters. The summed E-state index contributed by atoms with van der Waals surface area (Å²) in [6, 6.07) is 0. The fourth-order valence-electron chi connectivity index (χ4n) is 0.311. The molecular weight excluding hydrogens is 243 g/mol. The van der Waals surface area contributed by atoms with Crippen LogP contribution in [-0.4, -0.2) is 37.1 Å². The molecule has 0 aromatic heterocycles. The van der Waals surface area contributed by atoms with Crippen LogP contribution >= 0.6 is 0 Å². The van der Waals surface area contributed by atoms with Gasteiger partial charge in [-0.15, -0.1) is 6.58 Å². The Balaban J connectivity index is -0.0000000300. The van der Waals surface area contributed by atoms with E-state index in [1.807, 2.05) is 13.0 Å². The van der Waals surface area contributed by atoms with E-state index in [2.05, 4.69) is 6.58 Å². The minimum absolute atomic E-state index is 0. The van der Waals surface area contributed by atoms with E-state index in [1.54, 1.807) is 0 Å². The first kappa shape index (κ1) is 30.0. The molecule has 0 spiro atoms. The van der Waals surface area contributed by atoms with Crippen LogP contribution in [0.2, 0.25) is 0 Å². The van der Waals surface area contributed by atoms with Crippen molar-refractivity contribution < 1.29 is 4.74 Å². The van der Waals surface area contributed by atoms with Gasteiger partial charge in [0.2, 0.25) is 0 Å². The van der Waals surface area contributed by atoms with Crippen LogP contribution in [0.4, 0.5) is 0 Å². The second-order valence-electron chi connectivity index (χ2n) is 1.27. The summed E-state index contributed by atoms with van der Waals surface area (Å²) in [7, 11) is 0. The van der Waals surface area contributed by atoms with Crippen molar-refractivity contribution in [3.63, 3.8) is 0 Å². The molecule has 0 aromatic carbocycles. The maximum Gasteiger partial charge on any atom is 0.0500 e. The van der Waals surface area contributed by atoms with Crippen LogP contribution in [0, 0.1) is 0 Å². The molecule has 1 nitrogen and oxygen atoms in total. The molecule has 0 fully saturated rings. The van der Waals surface area contributed by atoms with Crippen molar-refractivity contribution in [3.05, 3.63) is 12.7 Å². The van der Waals surface area contributed by atoms with E-state index in [4.69, 9.17) is 4.74 Å². The fourth-order valence-corrected chi connectivity index (χ4v) is 0.311. The van der Waals surface area contributed by atoms with Gasteiger partial charge in [0.15, 0.2) is 0 Å². The van der Waals surface area contributed by atoms with E-state index in [0.717, 1.165) is 19.6 Å². The van der Waals surface area contributed by atoms with E-state index in [-0.39, 0.29) is 46.2 Å². The summed E-state index contributed by atoms with van der Waals surface area (Å²) in [4.78, 5) is 0. The van der Waals surface area contributed by atoms with Gasteiger partial charge in [-0.3, -0.25) is 0 Å². The molecule has 0 amide bonds. The molecule has 0 aliphatic heterocycles. The standard InChI is InChI=1S/C6H12O.3CH4.Sn/c1-3-5-6-7-4-2;;;;/h3H,1,4-6H2,2H3;3*1H4;. The maximum atomic E-state index is 5.00. The van der Waals surface area contributed by atoms with Crippen LogP contribution in [0.15, 0.2) is 12.7 Å². The molecule has 0 saturated heterocycles. The third-order valence-corrected chi connectivity index (χ3v) is 0.670. The predicted octanol–water partition coefficient (Wildman–Crippen LogP) is 3.13. The first-order valence-corrected chi connectivity index (χ1v) is 2.60. The minimum Gasteiger partial charge on any atom is -0.381 e. The Morgan fingerprint density at radius 2 is 1.73 bits per heavy atom. The first-order valence-electron chi connectivity index (χ1n) is 2.60. The van der Waals surface area contributed by atoms with Gasteiger partial charge in [0.1, 0.15) is 0 Å². The zero-order chi connectivity index (χ0) is 5.54. The second-order valence-corrected chi connectivity index (χ2v) is 1.27. The third kappa shape index (κ3) is 37.5. The first-order chi connectivity index (χ1) is 3.41. The van der Waals surface area contributed by atoms with Crippen molar-refractivity contribution in [3.8, 4) is 0 Å². The van der Waals surface area contributed by atoms with Gasteiger partial charge in [0, 0.05) is 37.1 Å². The summed E-state index contributed by atoms with van der Waals surface area (Å²) in [5.74, 6) is 0. The average Bonchev–Trinajstić information content (AvgIpc) is 1.69. The molecule has 4 radical (unpaired) electrons. The molecule has 70 valence electrons. The summed E-state index contributed by atoms with van der Waals surface area (Å²) in [5, 5.41) is 0. The molecule has 0 saturated carbocycles. The summed E-state index contributed by atoms with van der Waals surface area (Å²) in [6.45, 7) is 7.17. The van der Waals surface area contributed by atoms with Crippen molar-refractivity contribution in [1.29, 1.82) is 0 Å².